The van der Waals surface area contributed by atoms with E-state index in [2.05, 4.69) is 15.7 Å². The van der Waals surface area contributed by atoms with Gasteiger partial charge in [0.05, 0.1) is 6.20 Å². The molecule has 3 rings (SSSR count). The number of para-hydroxylation sites is 1. The van der Waals surface area contributed by atoms with Crippen LogP contribution in [0.15, 0.2) is 71.7 Å². The summed E-state index contributed by atoms with van der Waals surface area (Å²) in [5.41, 5.74) is 0.430. The molecule has 120 valence electrons. The number of nitrogens with one attached hydrogen (secondary N) is 3. The van der Waals surface area contributed by atoms with Crippen molar-refractivity contribution in [1.82, 2.24) is 9.78 Å². The molecule has 1 aromatic heterocycles. The number of carbonyl (C=O) groups excluding carboxylic acids is 2. The second-order valence-corrected chi connectivity index (χ2v) is 4.97. The summed E-state index contributed by atoms with van der Waals surface area (Å²) in [5, 5.41) is 7.46. The number of aromatic nitrogens is 2. The molecular weight excluding hydrogens is 308 g/mol. The molecule has 0 saturated heterocycles. The lowest BCUT2D eigenvalue weighted by molar-refractivity contribution is 0.102. The Hall–Kier alpha value is -3.61. The molecule has 0 aliphatic carbocycles. The van der Waals surface area contributed by atoms with E-state index in [4.69, 9.17) is 0 Å². The Morgan fingerprint density at radius 1 is 0.875 bits per heavy atom. The van der Waals surface area contributed by atoms with Crippen molar-refractivity contribution in [3.8, 4) is 0 Å². The summed E-state index contributed by atoms with van der Waals surface area (Å²) >= 11 is 0. The van der Waals surface area contributed by atoms with Crippen molar-refractivity contribution in [2.45, 2.75) is 0 Å². The fourth-order valence-corrected chi connectivity index (χ4v) is 2.08. The molecule has 2 amide bonds. The van der Waals surface area contributed by atoms with Crippen LogP contribution in [0.25, 0.3) is 0 Å². The molecule has 24 heavy (non-hydrogen) atoms. The van der Waals surface area contributed by atoms with Crippen LogP contribution >= 0.6 is 0 Å². The van der Waals surface area contributed by atoms with Gasteiger partial charge in [-0.2, -0.15) is 0 Å². The number of benzene rings is 2. The molecule has 0 aliphatic rings. The molecule has 0 fully saturated rings. The molecule has 7 nitrogen and oxygen atoms in total. The molecule has 0 radical (unpaired) electrons. The summed E-state index contributed by atoms with van der Waals surface area (Å²) in [7, 11) is 0. The number of nitrogens with zero attached hydrogens (tertiary/aromatic N) is 1. The minimum absolute atomic E-state index is 0.00735. The first-order valence-electron chi connectivity index (χ1n) is 7.18. The summed E-state index contributed by atoms with van der Waals surface area (Å²) in [6.45, 7) is 0. The van der Waals surface area contributed by atoms with Gasteiger partial charge >= 0.3 is 6.03 Å². The van der Waals surface area contributed by atoms with Crippen LogP contribution in [0.1, 0.15) is 10.4 Å². The lowest BCUT2D eigenvalue weighted by atomic mass is 10.2. The highest BCUT2D eigenvalue weighted by atomic mass is 16.2. The molecule has 7 heteroatoms. The number of carbonyl (C=O) groups is 2. The van der Waals surface area contributed by atoms with Crippen molar-refractivity contribution < 1.29 is 9.59 Å². The maximum atomic E-state index is 12.1. The first-order chi connectivity index (χ1) is 11.6. The molecule has 0 aliphatic heterocycles. The maximum absolute atomic E-state index is 12.1. The van der Waals surface area contributed by atoms with Gasteiger partial charge in [0.1, 0.15) is 5.69 Å². The first kappa shape index (κ1) is 15.3. The summed E-state index contributed by atoms with van der Waals surface area (Å²) in [4.78, 5) is 36.1. The van der Waals surface area contributed by atoms with Crippen LogP contribution in [-0.2, 0) is 0 Å². The van der Waals surface area contributed by atoms with Crippen molar-refractivity contribution >= 4 is 23.3 Å². The number of rotatable bonds is 3. The number of aromatic amines is 1. The van der Waals surface area contributed by atoms with Crippen LogP contribution in [0.4, 0.5) is 16.2 Å². The topological polar surface area (TPSA) is 96.0 Å². The third-order valence-electron chi connectivity index (χ3n) is 3.25. The van der Waals surface area contributed by atoms with E-state index in [9.17, 15) is 14.4 Å². The second kappa shape index (κ2) is 6.66. The van der Waals surface area contributed by atoms with E-state index in [0.29, 0.717) is 11.3 Å². The van der Waals surface area contributed by atoms with Crippen molar-refractivity contribution in [2.75, 3.05) is 10.6 Å². The fourth-order valence-electron chi connectivity index (χ4n) is 2.08. The summed E-state index contributed by atoms with van der Waals surface area (Å²) in [6.07, 6.45) is 1.24. The van der Waals surface area contributed by atoms with Crippen molar-refractivity contribution in [2.24, 2.45) is 0 Å². The Balaban J connectivity index is 1.74. The van der Waals surface area contributed by atoms with Gasteiger partial charge in [-0.15, -0.1) is 0 Å². The van der Waals surface area contributed by atoms with Crippen LogP contribution in [0.3, 0.4) is 0 Å². The molecule has 2 aromatic carbocycles. The largest absolute Gasteiger partial charge is 0.344 e. The van der Waals surface area contributed by atoms with Crippen LogP contribution in [-0.4, -0.2) is 21.7 Å². The van der Waals surface area contributed by atoms with Gasteiger partial charge < -0.3 is 10.6 Å². The summed E-state index contributed by atoms with van der Waals surface area (Å²) in [6, 6.07) is 16.8. The molecular formula is C17H14N4O3. The predicted octanol–water partition coefficient (Wildman–Crippen LogP) is 2.51. The second-order valence-electron chi connectivity index (χ2n) is 4.97. The Labute approximate surface area is 136 Å². The van der Waals surface area contributed by atoms with Crippen molar-refractivity contribution in [3.05, 3.63) is 82.8 Å². The highest BCUT2D eigenvalue weighted by molar-refractivity contribution is 6.04. The fraction of sp³-hybridized carbons (Fsp3) is 0. The number of hydrogen-bond acceptors (Lipinski definition) is 3. The van der Waals surface area contributed by atoms with Crippen LogP contribution in [0, 0.1) is 0 Å². The lowest BCUT2D eigenvalue weighted by Gasteiger charge is -2.04. The average Bonchev–Trinajstić information content (AvgIpc) is 2.97. The first-order valence-corrected chi connectivity index (χ1v) is 7.18. The number of H-pyrrole nitrogens is 1. The highest BCUT2D eigenvalue weighted by Gasteiger charge is 2.13. The SMILES string of the molecule is O=C(Nc1cn(C(=O)Nc2ccccc2)[nH]c1=O)c1ccccc1. The van der Waals surface area contributed by atoms with Crippen LogP contribution in [0.2, 0.25) is 0 Å². The Kier molecular flexibility index (Phi) is 4.24. The van der Waals surface area contributed by atoms with Crippen LogP contribution in [0.5, 0.6) is 0 Å². The Morgan fingerprint density at radius 2 is 1.50 bits per heavy atom. The minimum Gasteiger partial charge on any atom is -0.316 e. The van der Waals surface area contributed by atoms with Crippen molar-refractivity contribution in [1.29, 1.82) is 0 Å². The zero-order valence-corrected chi connectivity index (χ0v) is 12.5. The van der Waals surface area contributed by atoms with E-state index in [1.54, 1.807) is 54.6 Å². The lowest BCUT2D eigenvalue weighted by Crippen LogP contribution is -2.21. The van der Waals surface area contributed by atoms with E-state index < -0.39 is 17.5 Å². The standard InChI is InChI=1S/C17H14N4O3/c22-15(12-7-3-1-4-8-12)19-14-11-21(20-16(14)23)17(24)18-13-9-5-2-6-10-13/h1-11H,(H,18,24)(H,19,22)(H,20,23). The van der Waals surface area contributed by atoms with E-state index in [0.717, 1.165) is 4.68 Å². The summed E-state index contributed by atoms with van der Waals surface area (Å²) < 4.78 is 0.982. The predicted molar refractivity (Wildman–Crippen MR) is 90.3 cm³/mol. The van der Waals surface area contributed by atoms with Crippen molar-refractivity contribution in [3.63, 3.8) is 0 Å². The van der Waals surface area contributed by atoms with Gasteiger partial charge in [0.25, 0.3) is 11.5 Å². The smallest absolute Gasteiger partial charge is 0.316 e. The highest BCUT2D eigenvalue weighted by Crippen LogP contribution is 2.07. The number of hydrogen-bond donors (Lipinski definition) is 3. The van der Waals surface area contributed by atoms with Gasteiger partial charge in [-0.1, -0.05) is 36.4 Å². The van der Waals surface area contributed by atoms with Gasteiger partial charge in [0, 0.05) is 11.3 Å². The van der Waals surface area contributed by atoms with E-state index in [1.807, 2.05) is 6.07 Å². The third-order valence-corrected chi connectivity index (χ3v) is 3.25. The number of anilines is 2. The van der Waals surface area contributed by atoms with Gasteiger partial charge in [-0.25, -0.2) is 9.48 Å². The monoisotopic (exact) mass is 322 g/mol. The third kappa shape index (κ3) is 3.41. The molecule has 0 spiro atoms. The van der Waals surface area contributed by atoms with E-state index >= 15 is 0 Å². The van der Waals surface area contributed by atoms with Crippen LogP contribution < -0.4 is 16.2 Å². The zero-order chi connectivity index (χ0) is 16.9. The Morgan fingerprint density at radius 3 is 2.17 bits per heavy atom. The Bertz CT molecular complexity index is 914. The zero-order valence-electron chi connectivity index (χ0n) is 12.5. The normalized spacial score (nSPS) is 10.2. The van der Waals surface area contributed by atoms with E-state index in [1.165, 1.54) is 6.20 Å². The number of amides is 2. The quantitative estimate of drug-likeness (QED) is 0.691. The summed E-state index contributed by atoms with van der Waals surface area (Å²) in [5.74, 6) is -0.428. The average molecular weight is 322 g/mol. The molecule has 0 bridgehead atoms. The van der Waals surface area contributed by atoms with Gasteiger partial charge in [-0.05, 0) is 24.3 Å². The molecule has 3 aromatic rings. The molecule has 3 N–H and O–H groups in total. The molecule has 0 saturated carbocycles. The molecule has 0 atom stereocenters. The molecule has 0 unspecified atom stereocenters. The maximum Gasteiger partial charge on any atom is 0.344 e. The van der Waals surface area contributed by atoms with E-state index in [-0.39, 0.29) is 5.69 Å². The van der Waals surface area contributed by atoms with Gasteiger partial charge in [0.15, 0.2) is 0 Å². The molecule has 1 heterocycles. The minimum atomic E-state index is -0.567. The van der Waals surface area contributed by atoms with Gasteiger partial charge in [0.2, 0.25) is 0 Å². The van der Waals surface area contributed by atoms with Gasteiger partial charge in [-0.3, -0.25) is 14.7 Å².